The molecule has 0 aliphatic rings. The van der Waals surface area contributed by atoms with Gasteiger partial charge < -0.3 is 19.3 Å². The molecule has 54 heavy (non-hydrogen) atoms. The van der Waals surface area contributed by atoms with Gasteiger partial charge in [-0.2, -0.15) is 0 Å². The highest BCUT2D eigenvalue weighted by Gasteiger charge is 2.15. The normalized spacial score (nSPS) is 10.7. The molecular formula is C49H42N2O3. The van der Waals surface area contributed by atoms with Crippen LogP contribution in [-0.2, 0) is 9.53 Å². The van der Waals surface area contributed by atoms with Crippen molar-refractivity contribution in [2.45, 2.75) is 13.8 Å². The molecule has 0 saturated heterocycles. The fourth-order valence-electron chi connectivity index (χ4n) is 6.52. The molecule has 7 aromatic rings. The van der Waals surface area contributed by atoms with Crippen LogP contribution in [0.4, 0.5) is 34.1 Å². The summed E-state index contributed by atoms with van der Waals surface area (Å²) < 4.78 is 10.8. The first-order chi connectivity index (χ1) is 26.4. The predicted molar refractivity (Wildman–Crippen MR) is 223 cm³/mol. The van der Waals surface area contributed by atoms with E-state index in [0.29, 0.717) is 5.75 Å². The van der Waals surface area contributed by atoms with Crippen LogP contribution in [0.2, 0.25) is 0 Å². The van der Waals surface area contributed by atoms with Crippen molar-refractivity contribution in [3.63, 3.8) is 0 Å². The summed E-state index contributed by atoms with van der Waals surface area (Å²) in [7, 11) is 0. The third-order valence-corrected chi connectivity index (χ3v) is 9.19. The lowest BCUT2D eigenvalue weighted by Gasteiger charge is -2.26. The summed E-state index contributed by atoms with van der Waals surface area (Å²) in [6.07, 6.45) is 1.14. The lowest BCUT2D eigenvalue weighted by molar-refractivity contribution is -0.138. The topological polar surface area (TPSA) is 42.0 Å². The molecule has 0 aliphatic carbocycles. The Kier molecular flexibility index (Phi) is 11.0. The molecule has 0 saturated carbocycles. The predicted octanol–water partition coefficient (Wildman–Crippen LogP) is 12.7. The van der Waals surface area contributed by atoms with Crippen molar-refractivity contribution in [2.24, 2.45) is 0 Å². The van der Waals surface area contributed by atoms with Gasteiger partial charge in [-0.25, -0.2) is 4.79 Å². The molecule has 0 aliphatic heterocycles. The lowest BCUT2D eigenvalue weighted by Crippen LogP contribution is -2.11. The van der Waals surface area contributed by atoms with E-state index in [1.54, 1.807) is 0 Å². The van der Waals surface area contributed by atoms with Gasteiger partial charge >= 0.3 is 5.97 Å². The zero-order chi connectivity index (χ0) is 37.3. The number of ether oxygens (including phenoxy) is 2. The van der Waals surface area contributed by atoms with Crippen LogP contribution in [-0.4, -0.2) is 19.2 Å². The standard InChI is InChI=1S/C49H42N2O3/c1-4-49(52)54-33-32-53-48-30-28-45(29-31-48)50(42-12-6-5-7-13-42)43-24-20-40(21-25-43)38-16-18-39(19-17-38)41-22-26-44(27-23-41)51(46-14-8-10-36(2)34-46)47-15-9-11-37(3)35-47/h4-31,34-35H,1,32-33H2,2-3H3. The molecule has 5 heteroatoms. The van der Waals surface area contributed by atoms with Crippen LogP contribution in [0, 0.1) is 13.8 Å². The zero-order valence-corrected chi connectivity index (χ0v) is 30.6. The first kappa shape index (κ1) is 35.5. The highest BCUT2D eigenvalue weighted by molar-refractivity contribution is 5.82. The van der Waals surface area contributed by atoms with E-state index < -0.39 is 5.97 Å². The van der Waals surface area contributed by atoms with E-state index in [2.05, 4.69) is 164 Å². The van der Waals surface area contributed by atoms with Gasteiger partial charge in [-0.05, 0) is 132 Å². The summed E-state index contributed by atoms with van der Waals surface area (Å²) in [5.41, 5.74) is 13.6. The van der Waals surface area contributed by atoms with E-state index in [1.165, 1.54) is 22.3 Å². The second kappa shape index (κ2) is 16.7. The first-order valence-corrected chi connectivity index (χ1v) is 18.1. The van der Waals surface area contributed by atoms with Gasteiger partial charge in [0.05, 0.1) is 0 Å². The fraction of sp³-hybridized carbons (Fsp3) is 0.0816. The summed E-state index contributed by atoms with van der Waals surface area (Å²) in [6.45, 7) is 8.10. The molecule has 0 heterocycles. The van der Waals surface area contributed by atoms with E-state index in [1.807, 2.05) is 42.5 Å². The zero-order valence-electron chi connectivity index (χ0n) is 30.6. The summed E-state index contributed by atoms with van der Waals surface area (Å²) in [5, 5.41) is 0. The van der Waals surface area contributed by atoms with Crippen molar-refractivity contribution in [3.05, 3.63) is 200 Å². The number of rotatable bonds is 13. The minimum absolute atomic E-state index is 0.160. The summed E-state index contributed by atoms with van der Waals surface area (Å²) in [5.74, 6) is 0.236. The maximum atomic E-state index is 11.3. The number of hydrogen-bond acceptors (Lipinski definition) is 5. The molecule has 0 unspecified atom stereocenters. The van der Waals surface area contributed by atoms with Crippen LogP contribution in [0.3, 0.4) is 0 Å². The number of nitrogens with zero attached hydrogens (tertiary/aromatic N) is 2. The van der Waals surface area contributed by atoms with Crippen molar-refractivity contribution in [1.82, 2.24) is 0 Å². The van der Waals surface area contributed by atoms with Gasteiger partial charge in [0, 0.05) is 40.2 Å². The highest BCUT2D eigenvalue weighted by Crippen LogP contribution is 2.38. The van der Waals surface area contributed by atoms with Crippen LogP contribution >= 0.6 is 0 Å². The van der Waals surface area contributed by atoms with E-state index in [4.69, 9.17) is 9.47 Å². The highest BCUT2D eigenvalue weighted by atomic mass is 16.6. The second-order valence-corrected chi connectivity index (χ2v) is 13.1. The quantitative estimate of drug-likeness (QED) is 0.0678. The molecule has 0 amide bonds. The molecule has 0 N–H and O–H groups in total. The Labute approximate surface area is 318 Å². The summed E-state index contributed by atoms with van der Waals surface area (Å²) in [4.78, 5) is 15.8. The molecule has 0 atom stereocenters. The molecule has 0 fully saturated rings. The van der Waals surface area contributed by atoms with E-state index in [9.17, 15) is 4.79 Å². The first-order valence-electron chi connectivity index (χ1n) is 18.1. The van der Waals surface area contributed by atoms with Crippen molar-refractivity contribution in [3.8, 4) is 28.0 Å². The SMILES string of the molecule is C=CC(=O)OCCOc1ccc(N(c2ccccc2)c2ccc(-c3ccc(-c4ccc(N(c5cccc(C)c5)c5cccc(C)c5)cc4)cc3)cc2)cc1. The van der Waals surface area contributed by atoms with E-state index in [0.717, 1.165) is 51.3 Å². The molecule has 0 bridgehead atoms. The molecule has 0 aromatic heterocycles. The lowest BCUT2D eigenvalue weighted by atomic mass is 9.99. The minimum Gasteiger partial charge on any atom is -0.490 e. The number of carbonyl (C=O) groups is 1. The number of anilines is 6. The fourth-order valence-corrected chi connectivity index (χ4v) is 6.52. The number of carbonyl (C=O) groups excluding carboxylic acids is 1. The summed E-state index contributed by atoms with van der Waals surface area (Å²) >= 11 is 0. The molecule has 7 aromatic carbocycles. The number of benzene rings is 7. The van der Waals surface area contributed by atoms with Crippen molar-refractivity contribution in [1.29, 1.82) is 0 Å². The molecular weight excluding hydrogens is 665 g/mol. The van der Waals surface area contributed by atoms with Crippen LogP contribution < -0.4 is 14.5 Å². The maximum Gasteiger partial charge on any atom is 0.330 e. The number of hydrogen-bond donors (Lipinski definition) is 0. The minimum atomic E-state index is -0.461. The molecule has 0 spiro atoms. The second-order valence-electron chi connectivity index (χ2n) is 13.1. The van der Waals surface area contributed by atoms with Crippen molar-refractivity contribution >= 4 is 40.1 Å². The molecule has 5 nitrogen and oxygen atoms in total. The number of aryl methyl sites for hydroxylation is 2. The van der Waals surface area contributed by atoms with Gasteiger partial charge in [0.15, 0.2) is 0 Å². The van der Waals surface area contributed by atoms with Gasteiger partial charge in [-0.1, -0.05) is 97.6 Å². The Morgan fingerprint density at radius 1 is 0.481 bits per heavy atom. The largest absolute Gasteiger partial charge is 0.490 e. The third kappa shape index (κ3) is 8.43. The van der Waals surface area contributed by atoms with E-state index in [-0.39, 0.29) is 13.2 Å². The van der Waals surface area contributed by atoms with Crippen molar-refractivity contribution < 1.29 is 14.3 Å². The molecule has 266 valence electrons. The van der Waals surface area contributed by atoms with Gasteiger partial charge in [0.2, 0.25) is 0 Å². The Morgan fingerprint density at radius 2 is 0.870 bits per heavy atom. The Bertz CT molecular complexity index is 2270. The van der Waals surface area contributed by atoms with Gasteiger partial charge in [-0.15, -0.1) is 0 Å². The summed E-state index contributed by atoms with van der Waals surface area (Å²) in [6, 6.07) is 61.7. The third-order valence-electron chi connectivity index (χ3n) is 9.19. The monoisotopic (exact) mass is 706 g/mol. The smallest absolute Gasteiger partial charge is 0.330 e. The molecule has 7 rings (SSSR count). The number of para-hydroxylation sites is 1. The maximum absolute atomic E-state index is 11.3. The average molecular weight is 707 g/mol. The Morgan fingerprint density at radius 3 is 1.31 bits per heavy atom. The van der Waals surface area contributed by atoms with Crippen LogP contribution in [0.1, 0.15) is 11.1 Å². The van der Waals surface area contributed by atoms with Crippen LogP contribution in [0.25, 0.3) is 22.3 Å². The van der Waals surface area contributed by atoms with Crippen LogP contribution in [0.5, 0.6) is 5.75 Å². The molecule has 0 radical (unpaired) electrons. The van der Waals surface area contributed by atoms with Crippen molar-refractivity contribution in [2.75, 3.05) is 23.0 Å². The van der Waals surface area contributed by atoms with Gasteiger partial charge in [0.25, 0.3) is 0 Å². The van der Waals surface area contributed by atoms with Crippen LogP contribution in [0.15, 0.2) is 189 Å². The number of esters is 1. The van der Waals surface area contributed by atoms with Gasteiger partial charge in [-0.3, -0.25) is 0 Å². The Balaban J connectivity index is 1.08. The van der Waals surface area contributed by atoms with Gasteiger partial charge in [0.1, 0.15) is 19.0 Å². The van der Waals surface area contributed by atoms with E-state index >= 15 is 0 Å². The Hall–Kier alpha value is -6.85. The average Bonchev–Trinajstić information content (AvgIpc) is 3.21.